The predicted octanol–water partition coefficient (Wildman–Crippen LogP) is 3.70. The summed E-state index contributed by atoms with van der Waals surface area (Å²) in [5, 5.41) is 1.98. The molecule has 1 aliphatic rings. The molecule has 0 saturated heterocycles. The normalized spacial score (nSPS) is 16.5. The maximum Gasteiger partial charge on any atom is 0.154 e. The molecule has 2 N–H and O–H groups in total. The first-order valence-corrected chi connectivity index (χ1v) is 6.79. The topological polar surface area (TPSA) is 38.4 Å². The summed E-state index contributed by atoms with van der Waals surface area (Å²) in [6.45, 7) is 0. The SMILES string of the molecule is NC(=NC1CC1)SCc1ccc(Cl)cc1Cl. The first-order chi connectivity index (χ1) is 7.65. The van der Waals surface area contributed by atoms with Crippen LogP contribution in [0.2, 0.25) is 10.0 Å². The van der Waals surface area contributed by atoms with Gasteiger partial charge in [0, 0.05) is 15.8 Å². The lowest BCUT2D eigenvalue weighted by Crippen LogP contribution is -2.08. The van der Waals surface area contributed by atoms with Crippen molar-refractivity contribution in [2.45, 2.75) is 24.6 Å². The van der Waals surface area contributed by atoms with E-state index in [9.17, 15) is 0 Å². The van der Waals surface area contributed by atoms with Gasteiger partial charge in [-0.05, 0) is 30.5 Å². The minimum atomic E-state index is 0.466. The Kier molecular flexibility index (Phi) is 4.00. The van der Waals surface area contributed by atoms with E-state index in [0.29, 0.717) is 21.3 Å². The molecule has 0 amide bonds. The fourth-order valence-corrected chi connectivity index (χ4v) is 2.54. The molecule has 1 aliphatic carbocycles. The van der Waals surface area contributed by atoms with Crippen molar-refractivity contribution in [3.63, 3.8) is 0 Å². The van der Waals surface area contributed by atoms with Gasteiger partial charge in [0.25, 0.3) is 0 Å². The number of thioether (sulfide) groups is 1. The fourth-order valence-electron chi connectivity index (χ4n) is 1.21. The van der Waals surface area contributed by atoms with Crippen LogP contribution in [0.5, 0.6) is 0 Å². The van der Waals surface area contributed by atoms with Crippen LogP contribution in [-0.4, -0.2) is 11.2 Å². The Bertz CT molecular complexity index is 416. The molecular weight excluding hydrogens is 263 g/mol. The van der Waals surface area contributed by atoms with Gasteiger partial charge >= 0.3 is 0 Å². The molecule has 0 aromatic heterocycles. The van der Waals surface area contributed by atoms with E-state index in [2.05, 4.69) is 4.99 Å². The van der Waals surface area contributed by atoms with Crippen molar-refractivity contribution < 1.29 is 0 Å². The van der Waals surface area contributed by atoms with Crippen LogP contribution in [0, 0.1) is 0 Å². The number of rotatable bonds is 3. The highest BCUT2D eigenvalue weighted by Crippen LogP contribution is 2.27. The highest BCUT2D eigenvalue weighted by atomic mass is 35.5. The summed E-state index contributed by atoms with van der Waals surface area (Å²) in [4.78, 5) is 4.34. The smallest absolute Gasteiger partial charge is 0.154 e. The average molecular weight is 275 g/mol. The molecule has 0 atom stereocenters. The molecule has 0 spiro atoms. The third-order valence-corrected chi connectivity index (χ3v) is 3.69. The van der Waals surface area contributed by atoms with E-state index < -0.39 is 0 Å². The number of benzene rings is 1. The molecule has 2 rings (SSSR count). The summed E-state index contributed by atoms with van der Waals surface area (Å²) >= 11 is 13.4. The highest BCUT2D eigenvalue weighted by Gasteiger charge is 2.20. The van der Waals surface area contributed by atoms with E-state index in [-0.39, 0.29) is 0 Å². The van der Waals surface area contributed by atoms with Crippen molar-refractivity contribution in [1.82, 2.24) is 0 Å². The lowest BCUT2D eigenvalue weighted by molar-refractivity contribution is 1.07. The van der Waals surface area contributed by atoms with Gasteiger partial charge in [0.15, 0.2) is 5.17 Å². The lowest BCUT2D eigenvalue weighted by Gasteiger charge is -2.04. The van der Waals surface area contributed by atoms with Gasteiger partial charge in [0.2, 0.25) is 0 Å². The van der Waals surface area contributed by atoms with Crippen molar-refractivity contribution in [3.8, 4) is 0 Å². The largest absolute Gasteiger partial charge is 0.379 e. The Labute approximate surface area is 109 Å². The summed E-state index contributed by atoms with van der Waals surface area (Å²) in [6.07, 6.45) is 2.34. The second kappa shape index (κ2) is 5.30. The van der Waals surface area contributed by atoms with E-state index in [1.807, 2.05) is 12.1 Å². The summed E-state index contributed by atoms with van der Waals surface area (Å²) in [6, 6.07) is 5.96. The van der Waals surface area contributed by atoms with E-state index in [4.69, 9.17) is 28.9 Å². The third kappa shape index (κ3) is 3.58. The molecule has 2 nitrogen and oxygen atoms in total. The Balaban J connectivity index is 1.93. The number of nitrogens with two attached hydrogens (primary N) is 1. The number of halogens is 2. The Morgan fingerprint density at radius 2 is 2.19 bits per heavy atom. The van der Waals surface area contributed by atoms with Crippen LogP contribution >= 0.6 is 35.0 Å². The second-order valence-corrected chi connectivity index (χ2v) is 5.56. The Hall–Kier alpha value is -0.380. The van der Waals surface area contributed by atoms with Crippen LogP contribution in [0.1, 0.15) is 18.4 Å². The van der Waals surface area contributed by atoms with Gasteiger partial charge in [0.05, 0.1) is 6.04 Å². The van der Waals surface area contributed by atoms with E-state index in [1.165, 1.54) is 24.6 Å². The summed E-state index contributed by atoms with van der Waals surface area (Å²) in [7, 11) is 0. The standard InChI is InChI=1S/C11H12Cl2N2S/c12-8-2-1-7(10(13)5-8)6-16-11(14)15-9-3-4-9/h1-2,5,9H,3-4,6H2,(H2,14,15). The van der Waals surface area contributed by atoms with Crippen LogP contribution in [0.15, 0.2) is 23.2 Å². The van der Waals surface area contributed by atoms with Crippen molar-refractivity contribution in [3.05, 3.63) is 33.8 Å². The van der Waals surface area contributed by atoms with Gasteiger partial charge in [0.1, 0.15) is 0 Å². The van der Waals surface area contributed by atoms with Gasteiger partial charge < -0.3 is 5.73 Å². The zero-order valence-electron chi connectivity index (χ0n) is 8.62. The number of aliphatic imine (C=N–C) groups is 1. The summed E-state index contributed by atoms with van der Waals surface area (Å²) in [5.74, 6) is 0.734. The molecule has 0 bridgehead atoms. The molecule has 1 fully saturated rings. The molecule has 1 aromatic carbocycles. The molecule has 0 aliphatic heterocycles. The predicted molar refractivity (Wildman–Crippen MR) is 72.4 cm³/mol. The fraction of sp³-hybridized carbons (Fsp3) is 0.364. The number of nitrogens with zero attached hydrogens (tertiary/aromatic N) is 1. The lowest BCUT2D eigenvalue weighted by atomic mass is 10.2. The van der Waals surface area contributed by atoms with Crippen LogP contribution in [0.4, 0.5) is 0 Å². The molecule has 0 radical (unpaired) electrons. The van der Waals surface area contributed by atoms with Gasteiger partial charge in [-0.1, -0.05) is 41.0 Å². The zero-order chi connectivity index (χ0) is 11.5. The van der Waals surface area contributed by atoms with Crippen molar-refractivity contribution in [2.24, 2.45) is 10.7 Å². The number of hydrogen-bond acceptors (Lipinski definition) is 2. The average Bonchev–Trinajstić information content (AvgIpc) is 3.00. The second-order valence-electron chi connectivity index (χ2n) is 3.72. The summed E-state index contributed by atoms with van der Waals surface area (Å²) in [5.41, 5.74) is 6.82. The monoisotopic (exact) mass is 274 g/mol. The molecule has 1 aromatic rings. The molecule has 16 heavy (non-hydrogen) atoms. The minimum absolute atomic E-state index is 0.466. The highest BCUT2D eigenvalue weighted by molar-refractivity contribution is 8.13. The van der Waals surface area contributed by atoms with E-state index in [1.54, 1.807) is 6.07 Å². The Morgan fingerprint density at radius 1 is 1.44 bits per heavy atom. The van der Waals surface area contributed by atoms with Crippen molar-refractivity contribution in [2.75, 3.05) is 0 Å². The van der Waals surface area contributed by atoms with Gasteiger partial charge in [-0.3, -0.25) is 4.99 Å². The molecule has 5 heteroatoms. The minimum Gasteiger partial charge on any atom is -0.379 e. The maximum atomic E-state index is 6.05. The van der Waals surface area contributed by atoms with E-state index in [0.717, 1.165) is 11.3 Å². The van der Waals surface area contributed by atoms with Crippen LogP contribution in [0.3, 0.4) is 0 Å². The number of amidine groups is 1. The Morgan fingerprint density at radius 3 is 2.81 bits per heavy atom. The molecule has 86 valence electrons. The van der Waals surface area contributed by atoms with Crippen LogP contribution in [0.25, 0.3) is 0 Å². The van der Waals surface area contributed by atoms with Gasteiger partial charge in [-0.25, -0.2) is 0 Å². The van der Waals surface area contributed by atoms with Crippen LogP contribution < -0.4 is 5.73 Å². The number of hydrogen-bond donors (Lipinski definition) is 1. The zero-order valence-corrected chi connectivity index (χ0v) is 10.9. The van der Waals surface area contributed by atoms with Gasteiger partial charge in [-0.2, -0.15) is 0 Å². The molecular formula is C11H12Cl2N2S. The third-order valence-electron chi connectivity index (χ3n) is 2.25. The molecule has 0 unspecified atom stereocenters. The quantitative estimate of drug-likeness (QED) is 0.674. The van der Waals surface area contributed by atoms with Gasteiger partial charge in [-0.15, -0.1) is 0 Å². The molecule has 1 saturated carbocycles. The summed E-state index contributed by atoms with van der Waals surface area (Å²) < 4.78 is 0. The maximum absolute atomic E-state index is 6.05. The van der Waals surface area contributed by atoms with E-state index >= 15 is 0 Å². The first kappa shape index (κ1) is 12.1. The van der Waals surface area contributed by atoms with Crippen LogP contribution in [-0.2, 0) is 5.75 Å². The first-order valence-electron chi connectivity index (χ1n) is 5.05. The van der Waals surface area contributed by atoms with Crippen molar-refractivity contribution in [1.29, 1.82) is 0 Å². The van der Waals surface area contributed by atoms with Crippen molar-refractivity contribution >= 4 is 40.1 Å². The molecule has 0 heterocycles.